The molecule has 2 N–H and O–H groups in total. The van der Waals surface area contributed by atoms with Crippen molar-refractivity contribution in [2.45, 2.75) is 31.2 Å². The van der Waals surface area contributed by atoms with Gasteiger partial charge in [0.2, 0.25) is 5.91 Å². The zero-order valence-corrected chi connectivity index (χ0v) is 16.7. The van der Waals surface area contributed by atoms with Crippen LogP contribution in [-0.2, 0) is 4.79 Å². The van der Waals surface area contributed by atoms with Crippen LogP contribution in [0.3, 0.4) is 0 Å². The molecular formula is C18H28ClN3O2S. The molecule has 7 heteroatoms. The molecule has 0 saturated carbocycles. The molecule has 1 aromatic rings. The molecule has 1 aliphatic rings. The van der Waals surface area contributed by atoms with Gasteiger partial charge in [-0.25, -0.2) is 0 Å². The Morgan fingerprint density at radius 2 is 2.04 bits per heavy atom. The molecular weight excluding hydrogens is 358 g/mol. The first kappa shape index (κ1) is 21.8. The molecule has 0 bridgehead atoms. The van der Waals surface area contributed by atoms with E-state index < -0.39 is 0 Å². The van der Waals surface area contributed by atoms with Crippen molar-refractivity contribution in [3.63, 3.8) is 0 Å². The van der Waals surface area contributed by atoms with Crippen LogP contribution in [-0.4, -0.2) is 55.2 Å². The molecule has 0 spiro atoms. The van der Waals surface area contributed by atoms with E-state index in [0.717, 1.165) is 31.0 Å². The lowest BCUT2D eigenvalue weighted by Gasteiger charge is -2.18. The molecule has 1 atom stereocenters. The lowest BCUT2D eigenvalue weighted by atomic mass is 10.1. The van der Waals surface area contributed by atoms with Crippen LogP contribution >= 0.6 is 24.2 Å². The van der Waals surface area contributed by atoms with Gasteiger partial charge in [-0.3, -0.25) is 9.59 Å². The topological polar surface area (TPSA) is 61.4 Å². The molecule has 1 fully saturated rings. The summed E-state index contributed by atoms with van der Waals surface area (Å²) >= 11 is 1.42. The van der Waals surface area contributed by atoms with Gasteiger partial charge in [-0.05, 0) is 51.9 Å². The number of carbonyl (C=O) groups is 2. The number of rotatable bonds is 7. The highest BCUT2D eigenvalue weighted by molar-refractivity contribution is 8.00. The fraction of sp³-hybridized carbons (Fsp3) is 0.556. The summed E-state index contributed by atoms with van der Waals surface area (Å²) in [6, 6.07) is 7.70. The van der Waals surface area contributed by atoms with Gasteiger partial charge in [0.15, 0.2) is 0 Å². The number of benzene rings is 1. The first-order chi connectivity index (χ1) is 11.5. The van der Waals surface area contributed by atoms with Gasteiger partial charge < -0.3 is 15.5 Å². The summed E-state index contributed by atoms with van der Waals surface area (Å²) in [4.78, 5) is 27.5. The predicted octanol–water partition coefficient (Wildman–Crippen LogP) is 2.41. The summed E-state index contributed by atoms with van der Waals surface area (Å²) in [5, 5.41) is 6.06. The number of carbonyl (C=O) groups excluding carboxylic acids is 2. The minimum absolute atomic E-state index is 0. The van der Waals surface area contributed by atoms with Crippen LogP contribution < -0.4 is 10.6 Å². The Balaban J connectivity index is 0.00000312. The van der Waals surface area contributed by atoms with E-state index in [1.54, 1.807) is 0 Å². The maximum absolute atomic E-state index is 12.8. The summed E-state index contributed by atoms with van der Waals surface area (Å²) in [7, 11) is 1.94. The normalized spacial score (nSPS) is 16.6. The lowest BCUT2D eigenvalue weighted by Crippen LogP contribution is -2.32. The second kappa shape index (κ2) is 10.7. The molecule has 1 heterocycles. The monoisotopic (exact) mass is 385 g/mol. The second-order valence-electron chi connectivity index (χ2n) is 6.47. The van der Waals surface area contributed by atoms with Gasteiger partial charge in [0.1, 0.15) is 0 Å². The summed E-state index contributed by atoms with van der Waals surface area (Å²) in [6.45, 7) is 6.42. The third-order valence-electron chi connectivity index (χ3n) is 3.99. The number of thioether (sulfide) groups is 1. The third-order valence-corrected chi connectivity index (χ3v) is 5.07. The quantitative estimate of drug-likeness (QED) is 0.707. The van der Waals surface area contributed by atoms with Crippen LogP contribution in [0.1, 0.15) is 30.6 Å². The second-order valence-corrected chi connectivity index (χ2v) is 7.49. The first-order valence-corrected chi connectivity index (χ1v) is 9.45. The third kappa shape index (κ3) is 6.53. The van der Waals surface area contributed by atoms with Gasteiger partial charge in [0.05, 0.1) is 11.3 Å². The van der Waals surface area contributed by atoms with E-state index in [9.17, 15) is 9.59 Å². The Hall–Kier alpha value is -1.24. The van der Waals surface area contributed by atoms with E-state index in [0.29, 0.717) is 17.2 Å². The zero-order valence-electron chi connectivity index (χ0n) is 15.1. The molecule has 25 heavy (non-hydrogen) atoms. The van der Waals surface area contributed by atoms with Crippen molar-refractivity contribution in [3.05, 3.63) is 29.8 Å². The zero-order chi connectivity index (χ0) is 17.5. The minimum Gasteiger partial charge on any atom is -0.353 e. The van der Waals surface area contributed by atoms with Crippen LogP contribution in [0.5, 0.6) is 0 Å². The fourth-order valence-corrected chi connectivity index (χ4v) is 3.77. The maximum atomic E-state index is 12.8. The highest BCUT2D eigenvalue weighted by Gasteiger charge is 2.27. The predicted molar refractivity (Wildman–Crippen MR) is 106 cm³/mol. The summed E-state index contributed by atoms with van der Waals surface area (Å²) in [5.74, 6) is 0.911. The summed E-state index contributed by atoms with van der Waals surface area (Å²) < 4.78 is 0. The van der Waals surface area contributed by atoms with E-state index >= 15 is 0 Å². The molecule has 1 aromatic carbocycles. The molecule has 2 rings (SSSR count). The van der Waals surface area contributed by atoms with Crippen molar-refractivity contribution in [1.29, 1.82) is 0 Å². The number of nitrogens with one attached hydrogen (secondary N) is 2. The van der Waals surface area contributed by atoms with Gasteiger partial charge in [0, 0.05) is 24.0 Å². The van der Waals surface area contributed by atoms with E-state index in [2.05, 4.69) is 10.6 Å². The number of halogens is 1. The standard InChI is InChI=1S/C18H27N3O2S.ClH/c1-13(2)20-17(22)12-24-16-7-5-4-6-15(16)18(23)21-9-8-14(11-21)10-19-3;/h4-7,13-14,19H,8-12H2,1-3H3,(H,20,22);1H. The Morgan fingerprint density at radius 1 is 1.32 bits per heavy atom. The molecule has 0 aromatic heterocycles. The van der Waals surface area contributed by atoms with Gasteiger partial charge in [-0.15, -0.1) is 24.2 Å². The Morgan fingerprint density at radius 3 is 2.72 bits per heavy atom. The van der Waals surface area contributed by atoms with Crippen LogP contribution in [0.25, 0.3) is 0 Å². The van der Waals surface area contributed by atoms with Crippen LogP contribution in [0.2, 0.25) is 0 Å². The van der Waals surface area contributed by atoms with Gasteiger partial charge in [0.25, 0.3) is 5.91 Å². The van der Waals surface area contributed by atoms with E-state index in [1.165, 1.54) is 11.8 Å². The van der Waals surface area contributed by atoms with Gasteiger partial charge in [-0.1, -0.05) is 12.1 Å². The van der Waals surface area contributed by atoms with Crippen molar-refractivity contribution in [2.75, 3.05) is 32.4 Å². The largest absolute Gasteiger partial charge is 0.353 e. The number of amides is 2. The summed E-state index contributed by atoms with van der Waals surface area (Å²) in [5.41, 5.74) is 0.699. The smallest absolute Gasteiger partial charge is 0.254 e. The molecule has 0 aliphatic carbocycles. The van der Waals surface area contributed by atoms with Crippen LogP contribution in [0.4, 0.5) is 0 Å². The number of hydrogen-bond donors (Lipinski definition) is 2. The number of hydrogen-bond acceptors (Lipinski definition) is 4. The van der Waals surface area contributed by atoms with Crippen LogP contribution in [0.15, 0.2) is 29.2 Å². The molecule has 140 valence electrons. The molecule has 2 amide bonds. The average molecular weight is 386 g/mol. The minimum atomic E-state index is -0.00694. The Bertz CT molecular complexity index is 583. The van der Waals surface area contributed by atoms with E-state index in [4.69, 9.17) is 0 Å². The average Bonchev–Trinajstić information content (AvgIpc) is 3.01. The number of likely N-dealkylation sites (tertiary alicyclic amines) is 1. The Labute approximate surface area is 160 Å². The number of nitrogens with zero attached hydrogens (tertiary/aromatic N) is 1. The van der Waals surface area contributed by atoms with Crippen molar-refractivity contribution in [1.82, 2.24) is 15.5 Å². The van der Waals surface area contributed by atoms with Gasteiger partial charge in [-0.2, -0.15) is 0 Å². The lowest BCUT2D eigenvalue weighted by molar-refractivity contribution is -0.119. The summed E-state index contributed by atoms with van der Waals surface area (Å²) in [6.07, 6.45) is 1.04. The highest BCUT2D eigenvalue weighted by atomic mass is 35.5. The SMILES string of the molecule is CNCC1CCN(C(=O)c2ccccc2SCC(=O)NC(C)C)C1.Cl. The van der Waals surface area contributed by atoms with Crippen molar-refractivity contribution in [2.24, 2.45) is 5.92 Å². The molecule has 1 unspecified atom stereocenters. The van der Waals surface area contributed by atoms with Crippen molar-refractivity contribution < 1.29 is 9.59 Å². The van der Waals surface area contributed by atoms with E-state index in [-0.39, 0.29) is 30.3 Å². The highest BCUT2D eigenvalue weighted by Crippen LogP contribution is 2.26. The molecule has 0 radical (unpaired) electrons. The van der Waals surface area contributed by atoms with E-state index in [1.807, 2.05) is 50.1 Å². The maximum Gasteiger partial charge on any atom is 0.254 e. The van der Waals surface area contributed by atoms with Gasteiger partial charge >= 0.3 is 0 Å². The molecule has 1 aliphatic heterocycles. The fourth-order valence-electron chi connectivity index (χ4n) is 2.92. The molecule has 1 saturated heterocycles. The van der Waals surface area contributed by atoms with Crippen molar-refractivity contribution >= 4 is 36.0 Å². The van der Waals surface area contributed by atoms with Crippen LogP contribution in [0, 0.1) is 5.92 Å². The first-order valence-electron chi connectivity index (χ1n) is 8.46. The Kier molecular flexibility index (Phi) is 9.32. The van der Waals surface area contributed by atoms with Crippen molar-refractivity contribution in [3.8, 4) is 0 Å². The molecule has 5 nitrogen and oxygen atoms in total.